The van der Waals surface area contributed by atoms with E-state index in [1.54, 1.807) is 6.20 Å². The molecule has 1 aliphatic rings. The van der Waals surface area contributed by atoms with Crippen molar-refractivity contribution in [3.8, 4) is 0 Å². The molecule has 1 saturated heterocycles. The molecule has 0 unspecified atom stereocenters. The summed E-state index contributed by atoms with van der Waals surface area (Å²) in [6.07, 6.45) is 1.74. The Morgan fingerprint density at radius 3 is 2.50 bits per heavy atom. The van der Waals surface area contributed by atoms with Gasteiger partial charge < -0.3 is 14.4 Å². The van der Waals surface area contributed by atoms with Crippen LogP contribution < -0.4 is 4.90 Å². The van der Waals surface area contributed by atoms with Gasteiger partial charge in [-0.25, -0.2) is 4.98 Å². The molecular weight excluding hydrogens is 300 g/mol. The first-order chi connectivity index (χ1) is 10.6. The number of amides is 1. The van der Waals surface area contributed by atoms with Crippen molar-refractivity contribution < 1.29 is 4.79 Å². The van der Waals surface area contributed by atoms with E-state index in [2.05, 4.69) is 9.88 Å². The van der Waals surface area contributed by atoms with Crippen LogP contribution in [0.4, 0.5) is 5.82 Å². The first-order valence-electron chi connectivity index (χ1n) is 7.35. The number of anilines is 1. The molecule has 0 radical (unpaired) electrons. The molecule has 0 aliphatic carbocycles. The third-order valence-corrected chi connectivity index (χ3v) is 4.49. The molecule has 0 bridgehead atoms. The summed E-state index contributed by atoms with van der Waals surface area (Å²) in [5.74, 6) is 0.883. The zero-order valence-electron chi connectivity index (χ0n) is 12.8. The fourth-order valence-corrected chi connectivity index (χ4v) is 2.96. The maximum absolute atomic E-state index is 12.6. The molecule has 6 heteroatoms. The second kappa shape index (κ2) is 6.01. The van der Waals surface area contributed by atoms with E-state index in [1.807, 2.05) is 47.7 Å². The summed E-state index contributed by atoms with van der Waals surface area (Å²) in [4.78, 5) is 20.9. The third kappa shape index (κ3) is 2.68. The van der Waals surface area contributed by atoms with Gasteiger partial charge in [-0.05, 0) is 31.2 Å². The predicted molar refractivity (Wildman–Crippen MR) is 87.5 cm³/mol. The zero-order valence-corrected chi connectivity index (χ0v) is 13.5. The molecule has 5 nitrogen and oxygen atoms in total. The summed E-state index contributed by atoms with van der Waals surface area (Å²) in [7, 11) is 1.92. The molecule has 3 rings (SSSR count). The minimum absolute atomic E-state index is 0.0855. The Balaban J connectivity index is 1.68. The third-order valence-electron chi connectivity index (χ3n) is 4.20. The highest BCUT2D eigenvalue weighted by atomic mass is 35.5. The van der Waals surface area contributed by atoms with Crippen LogP contribution in [0.5, 0.6) is 0 Å². The molecular formula is C16H19ClN4O. The van der Waals surface area contributed by atoms with Crippen LogP contribution in [-0.2, 0) is 7.05 Å². The van der Waals surface area contributed by atoms with E-state index in [-0.39, 0.29) is 5.91 Å². The predicted octanol–water partition coefficient (Wildman–Crippen LogP) is 2.34. The topological polar surface area (TPSA) is 41.4 Å². The number of hydrogen-bond donors (Lipinski definition) is 0. The summed E-state index contributed by atoms with van der Waals surface area (Å²) in [6, 6.07) is 7.52. The Bertz CT molecular complexity index is 689. The minimum atomic E-state index is 0.0855. The van der Waals surface area contributed by atoms with Crippen molar-refractivity contribution in [3.05, 3.63) is 46.9 Å². The number of aromatic nitrogens is 2. The number of rotatable bonds is 2. The second-order valence-electron chi connectivity index (χ2n) is 5.51. The zero-order chi connectivity index (χ0) is 15.7. The molecule has 22 heavy (non-hydrogen) atoms. The van der Waals surface area contributed by atoms with Crippen molar-refractivity contribution in [3.63, 3.8) is 0 Å². The maximum atomic E-state index is 12.6. The normalized spacial score (nSPS) is 15.2. The Morgan fingerprint density at radius 1 is 1.18 bits per heavy atom. The van der Waals surface area contributed by atoms with Gasteiger partial charge in [-0.2, -0.15) is 0 Å². The van der Waals surface area contributed by atoms with E-state index >= 15 is 0 Å². The van der Waals surface area contributed by atoms with Gasteiger partial charge in [0.05, 0.1) is 5.02 Å². The van der Waals surface area contributed by atoms with E-state index < -0.39 is 0 Å². The van der Waals surface area contributed by atoms with Crippen molar-refractivity contribution in [2.45, 2.75) is 6.92 Å². The van der Waals surface area contributed by atoms with Gasteiger partial charge in [0.15, 0.2) is 0 Å². The van der Waals surface area contributed by atoms with Crippen LogP contribution in [0.3, 0.4) is 0 Å². The first-order valence-corrected chi connectivity index (χ1v) is 7.73. The maximum Gasteiger partial charge on any atom is 0.270 e. The Morgan fingerprint density at radius 2 is 1.91 bits per heavy atom. The molecule has 1 aliphatic heterocycles. The molecule has 0 saturated carbocycles. The van der Waals surface area contributed by atoms with E-state index in [0.29, 0.717) is 18.1 Å². The fourth-order valence-electron chi connectivity index (χ4n) is 2.72. The molecule has 2 aromatic heterocycles. The molecule has 0 aromatic carbocycles. The molecule has 0 spiro atoms. The number of carbonyl (C=O) groups excluding carboxylic acids is 1. The Kier molecular flexibility index (Phi) is 4.07. The fraction of sp³-hybridized carbons (Fsp3) is 0.375. The molecule has 3 heterocycles. The van der Waals surface area contributed by atoms with Crippen LogP contribution in [0.2, 0.25) is 5.02 Å². The summed E-state index contributed by atoms with van der Waals surface area (Å²) >= 11 is 6.19. The molecule has 1 amide bonds. The van der Waals surface area contributed by atoms with Gasteiger partial charge in [-0.1, -0.05) is 11.6 Å². The van der Waals surface area contributed by atoms with Gasteiger partial charge in [0.25, 0.3) is 5.91 Å². The largest absolute Gasteiger partial charge is 0.352 e. The summed E-state index contributed by atoms with van der Waals surface area (Å²) in [5.41, 5.74) is 1.82. The molecule has 0 atom stereocenters. The van der Waals surface area contributed by atoms with Crippen LogP contribution in [-0.4, -0.2) is 46.5 Å². The molecule has 116 valence electrons. The van der Waals surface area contributed by atoms with Gasteiger partial charge in [-0.15, -0.1) is 0 Å². The lowest BCUT2D eigenvalue weighted by Crippen LogP contribution is -2.49. The lowest BCUT2D eigenvalue weighted by atomic mass is 10.2. The minimum Gasteiger partial charge on any atom is -0.352 e. The van der Waals surface area contributed by atoms with Gasteiger partial charge >= 0.3 is 0 Å². The van der Waals surface area contributed by atoms with Crippen LogP contribution in [0.15, 0.2) is 30.5 Å². The molecule has 0 N–H and O–H groups in total. The summed E-state index contributed by atoms with van der Waals surface area (Å²) in [5, 5.41) is 0.653. The van der Waals surface area contributed by atoms with Crippen LogP contribution in [0, 0.1) is 6.92 Å². The average molecular weight is 319 g/mol. The first kappa shape index (κ1) is 14.9. The summed E-state index contributed by atoms with van der Waals surface area (Å²) in [6.45, 7) is 4.83. The van der Waals surface area contributed by atoms with Crippen LogP contribution in [0.25, 0.3) is 0 Å². The lowest BCUT2D eigenvalue weighted by Gasteiger charge is -2.35. The number of nitrogens with zero attached hydrogens (tertiary/aromatic N) is 4. The Labute approximate surface area is 135 Å². The highest BCUT2D eigenvalue weighted by Crippen LogP contribution is 2.23. The van der Waals surface area contributed by atoms with Gasteiger partial charge in [-0.3, -0.25) is 4.79 Å². The number of halogens is 1. The van der Waals surface area contributed by atoms with E-state index in [9.17, 15) is 4.79 Å². The SMILES string of the molecule is Cc1ccc(C(=O)N2CCN(c3ncccc3Cl)CC2)n1C. The highest BCUT2D eigenvalue weighted by molar-refractivity contribution is 6.32. The van der Waals surface area contributed by atoms with Crippen molar-refractivity contribution in [2.75, 3.05) is 31.1 Å². The van der Waals surface area contributed by atoms with Crippen LogP contribution >= 0.6 is 11.6 Å². The van der Waals surface area contributed by atoms with Crippen molar-refractivity contribution in [2.24, 2.45) is 7.05 Å². The van der Waals surface area contributed by atoms with E-state index in [1.165, 1.54) is 0 Å². The van der Waals surface area contributed by atoms with E-state index in [4.69, 9.17) is 11.6 Å². The monoisotopic (exact) mass is 318 g/mol. The molecule has 1 fully saturated rings. The number of aryl methyl sites for hydroxylation is 1. The lowest BCUT2D eigenvalue weighted by molar-refractivity contribution is 0.0736. The number of pyridine rings is 1. The molecule has 2 aromatic rings. The van der Waals surface area contributed by atoms with Gasteiger partial charge in [0, 0.05) is 45.1 Å². The summed E-state index contributed by atoms with van der Waals surface area (Å²) < 4.78 is 1.93. The van der Waals surface area contributed by atoms with Crippen molar-refractivity contribution in [1.82, 2.24) is 14.5 Å². The smallest absolute Gasteiger partial charge is 0.270 e. The number of hydrogen-bond acceptors (Lipinski definition) is 3. The van der Waals surface area contributed by atoms with Crippen LogP contribution in [0.1, 0.15) is 16.2 Å². The Hall–Kier alpha value is -2.01. The quantitative estimate of drug-likeness (QED) is 0.853. The highest BCUT2D eigenvalue weighted by Gasteiger charge is 2.25. The van der Waals surface area contributed by atoms with Gasteiger partial charge in [0.2, 0.25) is 0 Å². The van der Waals surface area contributed by atoms with Crippen molar-refractivity contribution in [1.29, 1.82) is 0 Å². The standard InChI is InChI=1S/C16H19ClN4O/c1-12-5-6-14(19(12)2)16(22)21-10-8-20(9-11-21)15-13(17)4-3-7-18-15/h3-7H,8-11H2,1-2H3. The average Bonchev–Trinajstić information content (AvgIpc) is 2.87. The van der Waals surface area contributed by atoms with E-state index in [0.717, 1.165) is 30.3 Å². The second-order valence-corrected chi connectivity index (χ2v) is 5.91. The van der Waals surface area contributed by atoms with Crippen molar-refractivity contribution >= 4 is 23.3 Å². The van der Waals surface area contributed by atoms with Gasteiger partial charge in [0.1, 0.15) is 11.5 Å². The number of piperazine rings is 1. The number of carbonyl (C=O) groups is 1.